The van der Waals surface area contributed by atoms with Gasteiger partial charge in [0.2, 0.25) is 0 Å². The first-order valence-electron chi connectivity index (χ1n) is 5.43. The van der Waals surface area contributed by atoms with E-state index in [9.17, 15) is 0 Å². The fourth-order valence-corrected chi connectivity index (χ4v) is 1.51. The molecule has 0 radical (unpaired) electrons. The van der Waals surface area contributed by atoms with Crippen LogP contribution in [0.15, 0.2) is 24.3 Å². The number of aliphatic hydroxyl groups is 2. The van der Waals surface area contributed by atoms with Gasteiger partial charge in [0, 0.05) is 13.8 Å². The Morgan fingerprint density at radius 3 is 1.42 bits per heavy atom. The molecule has 0 aromatic carbocycles. The van der Waals surface area contributed by atoms with Crippen molar-refractivity contribution in [2.75, 3.05) is 13.2 Å². The minimum atomic E-state index is -0.833. The summed E-state index contributed by atoms with van der Waals surface area (Å²) in [5.74, 6) is -1.67. The molecular formula is C12H18O7. The first-order chi connectivity index (χ1) is 8.75. The van der Waals surface area contributed by atoms with Gasteiger partial charge in [-0.25, -0.2) is 0 Å². The van der Waals surface area contributed by atoms with Crippen molar-refractivity contribution in [2.45, 2.75) is 25.0 Å². The third kappa shape index (κ3) is 4.82. The van der Waals surface area contributed by atoms with Gasteiger partial charge < -0.3 is 25.2 Å². The monoisotopic (exact) mass is 274 g/mol. The van der Waals surface area contributed by atoms with Gasteiger partial charge in [0.15, 0.2) is 0 Å². The van der Waals surface area contributed by atoms with Gasteiger partial charge >= 0.3 is 0 Å². The molecule has 4 N–H and O–H groups in total. The molecule has 0 bridgehead atoms. The van der Waals surface area contributed by atoms with Crippen molar-refractivity contribution < 1.29 is 34.8 Å². The van der Waals surface area contributed by atoms with E-state index in [1.54, 1.807) is 12.2 Å². The maximum absolute atomic E-state index is 9.00. The summed E-state index contributed by atoms with van der Waals surface area (Å²) < 4.78 is 5.28. The van der Waals surface area contributed by atoms with Gasteiger partial charge in [0.05, 0.1) is 13.2 Å². The number of carboxylic acids is 2. The molecule has 7 nitrogen and oxygen atoms in total. The molecule has 1 aliphatic heterocycles. The van der Waals surface area contributed by atoms with E-state index in [1.807, 2.05) is 12.2 Å². The standard InChI is InChI=1S/C8H10O3.2C2H4O2/c9-5-7-3-1-2-4-8(7,6-10)11-7;2*1-2(3)4/h1-4,9-10H,5-6H2;2*1H3,(H,3,4). The Balaban J connectivity index is 0.000000342. The molecule has 1 saturated heterocycles. The van der Waals surface area contributed by atoms with Crippen LogP contribution in [0.4, 0.5) is 0 Å². The molecular weight excluding hydrogens is 256 g/mol. The van der Waals surface area contributed by atoms with Crippen LogP contribution >= 0.6 is 0 Å². The van der Waals surface area contributed by atoms with Gasteiger partial charge in [-0.05, 0) is 12.2 Å². The zero-order valence-corrected chi connectivity index (χ0v) is 10.7. The van der Waals surface area contributed by atoms with Gasteiger partial charge in [-0.3, -0.25) is 9.59 Å². The fourth-order valence-electron chi connectivity index (χ4n) is 1.51. The molecule has 7 heteroatoms. The van der Waals surface area contributed by atoms with Crippen molar-refractivity contribution in [1.29, 1.82) is 0 Å². The number of hydrogen-bond donors (Lipinski definition) is 4. The number of epoxide rings is 1. The van der Waals surface area contributed by atoms with Gasteiger partial charge in [0.1, 0.15) is 11.2 Å². The maximum atomic E-state index is 9.00. The summed E-state index contributed by atoms with van der Waals surface area (Å²) in [6.45, 7) is 2.02. The predicted molar refractivity (Wildman–Crippen MR) is 65.6 cm³/mol. The molecule has 1 heterocycles. The van der Waals surface area contributed by atoms with Crippen molar-refractivity contribution in [1.82, 2.24) is 0 Å². The van der Waals surface area contributed by atoms with Gasteiger partial charge in [-0.2, -0.15) is 0 Å². The first kappa shape index (κ1) is 17.3. The van der Waals surface area contributed by atoms with Crippen LogP contribution < -0.4 is 0 Å². The summed E-state index contributed by atoms with van der Waals surface area (Å²) in [5, 5.41) is 32.8. The summed E-state index contributed by atoms with van der Waals surface area (Å²) in [7, 11) is 0. The Labute approximate surface area is 110 Å². The fraction of sp³-hybridized carbons (Fsp3) is 0.500. The number of aliphatic hydroxyl groups excluding tert-OH is 2. The molecule has 19 heavy (non-hydrogen) atoms. The Morgan fingerprint density at radius 2 is 1.21 bits per heavy atom. The lowest BCUT2D eigenvalue weighted by atomic mass is 9.90. The van der Waals surface area contributed by atoms with E-state index in [-0.39, 0.29) is 13.2 Å². The van der Waals surface area contributed by atoms with Gasteiger partial charge in [-0.1, -0.05) is 12.2 Å². The van der Waals surface area contributed by atoms with Crippen LogP contribution in [0.25, 0.3) is 0 Å². The van der Waals surface area contributed by atoms with Gasteiger partial charge in [0.25, 0.3) is 11.9 Å². The van der Waals surface area contributed by atoms with Crippen LogP contribution in [-0.2, 0) is 14.3 Å². The molecule has 0 amide bonds. The normalized spacial score (nSPS) is 29.1. The molecule has 0 aromatic rings. The number of carbonyl (C=O) groups is 2. The number of allylic oxidation sites excluding steroid dienone is 2. The van der Waals surface area contributed by atoms with Crippen LogP contribution in [-0.4, -0.2) is 56.8 Å². The number of ether oxygens (including phenoxy) is 1. The second-order valence-electron chi connectivity index (χ2n) is 3.95. The van der Waals surface area contributed by atoms with Crippen molar-refractivity contribution in [3.8, 4) is 0 Å². The molecule has 0 aromatic heterocycles. The minimum Gasteiger partial charge on any atom is -0.481 e. The third-order valence-corrected chi connectivity index (χ3v) is 2.35. The zero-order chi connectivity index (χ0) is 15.1. The highest BCUT2D eigenvalue weighted by molar-refractivity contribution is 5.63. The summed E-state index contributed by atoms with van der Waals surface area (Å²) in [6, 6.07) is 0. The molecule has 0 spiro atoms. The van der Waals surface area contributed by atoms with E-state index in [2.05, 4.69) is 0 Å². The predicted octanol–water partition coefficient (Wildman–Crippen LogP) is -0.213. The molecule has 2 aliphatic rings. The molecule has 1 aliphatic carbocycles. The lowest BCUT2D eigenvalue weighted by molar-refractivity contribution is -0.135. The number of fused-ring (bicyclic) bond motifs is 1. The summed E-state index contributed by atoms with van der Waals surface area (Å²) >= 11 is 0. The van der Waals surface area contributed by atoms with Crippen LogP contribution in [0.2, 0.25) is 0 Å². The Hall–Kier alpha value is -1.70. The topological polar surface area (TPSA) is 128 Å². The van der Waals surface area contributed by atoms with E-state index in [4.69, 9.17) is 34.8 Å². The lowest BCUT2D eigenvalue weighted by Crippen LogP contribution is -2.30. The van der Waals surface area contributed by atoms with E-state index >= 15 is 0 Å². The average molecular weight is 274 g/mol. The minimum absolute atomic E-state index is 0.0750. The molecule has 1 fully saturated rings. The van der Waals surface area contributed by atoms with Crippen molar-refractivity contribution in [3.05, 3.63) is 24.3 Å². The van der Waals surface area contributed by atoms with Crippen LogP contribution in [0.1, 0.15) is 13.8 Å². The quantitative estimate of drug-likeness (QED) is 0.513. The highest BCUT2D eigenvalue weighted by Crippen LogP contribution is 2.51. The lowest BCUT2D eigenvalue weighted by Gasteiger charge is -2.11. The van der Waals surface area contributed by atoms with Gasteiger partial charge in [-0.15, -0.1) is 0 Å². The maximum Gasteiger partial charge on any atom is 0.300 e. The Bertz CT molecular complexity index is 344. The van der Waals surface area contributed by atoms with E-state index < -0.39 is 23.1 Å². The van der Waals surface area contributed by atoms with E-state index in [0.29, 0.717) is 0 Å². The summed E-state index contributed by atoms with van der Waals surface area (Å²) in [6.07, 6.45) is 7.20. The largest absolute Gasteiger partial charge is 0.481 e. The third-order valence-electron chi connectivity index (χ3n) is 2.35. The van der Waals surface area contributed by atoms with Crippen LogP contribution in [0.3, 0.4) is 0 Å². The molecule has 0 saturated carbocycles. The van der Waals surface area contributed by atoms with Crippen molar-refractivity contribution in [3.63, 3.8) is 0 Å². The number of aliphatic carboxylic acids is 2. The zero-order valence-electron chi connectivity index (χ0n) is 10.7. The van der Waals surface area contributed by atoms with Crippen molar-refractivity contribution in [2.24, 2.45) is 0 Å². The molecule has 2 unspecified atom stereocenters. The smallest absolute Gasteiger partial charge is 0.300 e. The van der Waals surface area contributed by atoms with Crippen LogP contribution in [0.5, 0.6) is 0 Å². The van der Waals surface area contributed by atoms with E-state index in [1.165, 1.54) is 0 Å². The van der Waals surface area contributed by atoms with Crippen LogP contribution in [0, 0.1) is 0 Å². The van der Waals surface area contributed by atoms with Crippen molar-refractivity contribution >= 4 is 11.9 Å². The highest BCUT2D eigenvalue weighted by atomic mass is 16.6. The molecule has 2 rings (SSSR count). The molecule has 2 atom stereocenters. The van der Waals surface area contributed by atoms with E-state index in [0.717, 1.165) is 13.8 Å². The Kier molecular flexibility index (Phi) is 6.40. The average Bonchev–Trinajstić information content (AvgIpc) is 2.98. The second-order valence-corrected chi connectivity index (χ2v) is 3.95. The summed E-state index contributed by atoms with van der Waals surface area (Å²) in [5.41, 5.74) is -1.26. The SMILES string of the molecule is CC(=O)O.CC(=O)O.OCC12C=CC=CC1(CO)O2. The molecule has 108 valence electrons. The second kappa shape index (κ2) is 7.03. The highest BCUT2D eigenvalue weighted by Gasteiger charge is 2.67. The summed E-state index contributed by atoms with van der Waals surface area (Å²) in [4.78, 5) is 18.0. The number of hydrogen-bond acceptors (Lipinski definition) is 5. The first-order valence-corrected chi connectivity index (χ1v) is 5.43. The number of carboxylic acid groups (broad SMARTS) is 2. The Morgan fingerprint density at radius 1 is 0.947 bits per heavy atom. The number of rotatable bonds is 2.